The summed E-state index contributed by atoms with van der Waals surface area (Å²) < 4.78 is 22.5. The molecule has 0 N–H and O–H groups in total. The fourth-order valence-corrected chi connectivity index (χ4v) is 4.01. The maximum Gasteiger partial charge on any atom is 0.254 e. The number of aromatic nitrogens is 1. The summed E-state index contributed by atoms with van der Waals surface area (Å²) >= 11 is 0. The van der Waals surface area contributed by atoms with Crippen molar-refractivity contribution < 1.29 is 23.5 Å². The van der Waals surface area contributed by atoms with E-state index < -0.39 is 0 Å². The number of benzene rings is 2. The fourth-order valence-electron chi connectivity index (χ4n) is 4.01. The SMILES string of the molecule is CCOc1cc2c(cc1OCC)CN(C(=O)c1ccc(OCc3c(C)noc3C)cc1)CC2. The van der Waals surface area contributed by atoms with Crippen LogP contribution in [0.1, 0.15) is 52.3 Å². The molecule has 33 heavy (non-hydrogen) atoms. The summed E-state index contributed by atoms with van der Waals surface area (Å²) in [6.45, 7) is 10.4. The first-order valence-corrected chi connectivity index (χ1v) is 11.3. The molecule has 0 unspecified atom stereocenters. The zero-order valence-corrected chi connectivity index (χ0v) is 19.6. The summed E-state index contributed by atoms with van der Waals surface area (Å²) in [5.41, 5.74) is 4.71. The molecule has 0 spiro atoms. The molecule has 1 aliphatic heterocycles. The maximum absolute atomic E-state index is 13.1. The largest absolute Gasteiger partial charge is 0.490 e. The van der Waals surface area contributed by atoms with E-state index in [0.29, 0.717) is 44.2 Å². The molecule has 0 radical (unpaired) electrons. The lowest BCUT2D eigenvalue weighted by atomic mass is 9.98. The molecule has 0 fully saturated rings. The van der Waals surface area contributed by atoms with Gasteiger partial charge in [0.2, 0.25) is 0 Å². The second-order valence-electron chi connectivity index (χ2n) is 8.03. The van der Waals surface area contributed by atoms with Gasteiger partial charge in [0.05, 0.1) is 24.5 Å². The number of rotatable bonds is 8. The lowest BCUT2D eigenvalue weighted by Gasteiger charge is -2.30. The average Bonchev–Trinajstić information content (AvgIpc) is 3.15. The Hall–Kier alpha value is -3.48. The van der Waals surface area contributed by atoms with E-state index in [0.717, 1.165) is 40.5 Å². The van der Waals surface area contributed by atoms with Gasteiger partial charge in [-0.25, -0.2) is 0 Å². The molecule has 0 atom stereocenters. The number of amides is 1. The van der Waals surface area contributed by atoms with E-state index in [4.69, 9.17) is 18.7 Å². The Kier molecular flexibility index (Phi) is 6.87. The number of carbonyl (C=O) groups is 1. The lowest BCUT2D eigenvalue weighted by Crippen LogP contribution is -2.36. The van der Waals surface area contributed by atoms with E-state index in [1.54, 1.807) is 0 Å². The minimum Gasteiger partial charge on any atom is -0.490 e. The molecule has 3 aromatic rings. The number of aryl methyl sites for hydroxylation is 2. The zero-order chi connectivity index (χ0) is 23.4. The van der Waals surface area contributed by atoms with Crippen molar-refractivity contribution in [2.75, 3.05) is 19.8 Å². The molecule has 0 aliphatic carbocycles. The van der Waals surface area contributed by atoms with Crippen molar-refractivity contribution in [1.29, 1.82) is 0 Å². The summed E-state index contributed by atoms with van der Waals surface area (Å²) in [7, 11) is 0. The van der Waals surface area contributed by atoms with E-state index in [-0.39, 0.29) is 5.91 Å². The Morgan fingerprint density at radius 1 is 1.00 bits per heavy atom. The van der Waals surface area contributed by atoms with Crippen LogP contribution in [0.25, 0.3) is 0 Å². The first kappa shape index (κ1) is 22.7. The van der Waals surface area contributed by atoms with Gasteiger partial charge >= 0.3 is 0 Å². The number of carbonyl (C=O) groups excluding carboxylic acids is 1. The molecule has 1 aromatic heterocycles. The van der Waals surface area contributed by atoms with Crippen molar-refractivity contribution in [3.05, 3.63) is 70.1 Å². The van der Waals surface area contributed by atoms with Crippen LogP contribution >= 0.6 is 0 Å². The van der Waals surface area contributed by atoms with Crippen molar-refractivity contribution in [3.8, 4) is 17.2 Å². The van der Waals surface area contributed by atoms with Gasteiger partial charge in [-0.1, -0.05) is 5.16 Å². The summed E-state index contributed by atoms with van der Waals surface area (Å²) in [4.78, 5) is 15.0. The van der Waals surface area contributed by atoms with Gasteiger partial charge in [-0.2, -0.15) is 0 Å². The second kappa shape index (κ2) is 9.98. The molecule has 0 bridgehead atoms. The Balaban J connectivity index is 1.43. The van der Waals surface area contributed by atoms with Gasteiger partial charge in [-0.3, -0.25) is 4.79 Å². The molecule has 0 saturated carbocycles. The van der Waals surface area contributed by atoms with Gasteiger partial charge < -0.3 is 23.6 Å². The highest BCUT2D eigenvalue weighted by molar-refractivity contribution is 5.94. The van der Waals surface area contributed by atoms with Crippen LogP contribution < -0.4 is 14.2 Å². The van der Waals surface area contributed by atoms with Gasteiger partial charge in [0.15, 0.2) is 11.5 Å². The van der Waals surface area contributed by atoms with E-state index in [1.165, 1.54) is 5.56 Å². The normalized spacial score (nSPS) is 12.9. The van der Waals surface area contributed by atoms with Gasteiger partial charge in [0.25, 0.3) is 5.91 Å². The molecular formula is C26H30N2O5. The lowest BCUT2D eigenvalue weighted by molar-refractivity contribution is 0.0734. The van der Waals surface area contributed by atoms with Gasteiger partial charge in [-0.15, -0.1) is 0 Å². The van der Waals surface area contributed by atoms with Crippen molar-refractivity contribution in [1.82, 2.24) is 10.1 Å². The number of fused-ring (bicyclic) bond motifs is 1. The zero-order valence-electron chi connectivity index (χ0n) is 19.6. The molecule has 1 aliphatic rings. The Labute approximate surface area is 194 Å². The predicted octanol–water partition coefficient (Wildman–Crippen LogP) is 4.87. The van der Waals surface area contributed by atoms with Crippen LogP contribution in [0.3, 0.4) is 0 Å². The Bertz CT molecular complexity index is 1100. The third-order valence-electron chi connectivity index (χ3n) is 5.83. The molecular weight excluding hydrogens is 420 g/mol. The minimum atomic E-state index is 0.00441. The quantitative estimate of drug-likeness (QED) is 0.488. The predicted molar refractivity (Wildman–Crippen MR) is 124 cm³/mol. The monoisotopic (exact) mass is 450 g/mol. The topological polar surface area (TPSA) is 74.0 Å². The third kappa shape index (κ3) is 4.97. The standard InChI is InChI=1S/C26H30N2O5/c1-5-30-24-13-20-11-12-28(15-21(20)14-25(24)31-6-2)26(29)19-7-9-22(10-8-19)32-16-23-17(3)27-33-18(23)4/h7-10,13-14H,5-6,11-12,15-16H2,1-4H3. The summed E-state index contributed by atoms with van der Waals surface area (Å²) in [5, 5.41) is 3.94. The second-order valence-corrected chi connectivity index (χ2v) is 8.03. The molecule has 174 valence electrons. The molecule has 7 heteroatoms. The summed E-state index contributed by atoms with van der Waals surface area (Å²) in [6, 6.07) is 11.3. The van der Waals surface area contributed by atoms with Crippen LogP contribution in [0.5, 0.6) is 17.2 Å². The van der Waals surface area contributed by atoms with Crippen LogP contribution in [0.4, 0.5) is 0 Å². The van der Waals surface area contributed by atoms with Gasteiger partial charge in [-0.05, 0) is 81.6 Å². The van der Waals surface area contributed by atoms with Crippen molar-refractivity contribution in [2.45, 2.75) is 47.3 Å². The van der Waals surface area contributed by atoms with Crippen molar-refractivity contribution in [3.63, 3.8) is 0 Å². The highest BCUT2D eigenvalue weighted by Gasteiger charge is 2.24. The van der Waals surface area contributed by atoms with Crippen LogP contribution in [0.15, 0.2) is 40.9 Å². The molecule has 0 saturated heterocycles. The number of hydrogen-bond acceptors (Lipinski definition) is 6. The van der Waals surface area contributed by atoms with Crippen molar-refractivity contribution in [2.24, 2.45) is 0 Å². The van der Waals surface area contributed by atoms with E-state index in [9.17, 15) is 4.79 Å². The van der Waals surface area contributed by atoms with Gasteiger partial charge in [0, 0.05) is 18.7 Å². The molecule has 2 heterocycles. The minimum absolute atomic E-state index is 0.00441. The Morgan fingerprint density at radius 2 is 1.67 bits per heavy atom. The van der Waals surface area contributed by atoms with Crippen LogP contribution in [-0.4, -0.2) is 35.7 Å². The van der Waals surface area contributed by atoms with Crippen LogP contribution in [0.2, 0.25) is 0 Å². The van der Waals surface area contributed by atoms with Crippen molar-refractivity contribution >= 4 is 5.91 Å². The number of nitrogens with zero attached hydrogens (tertiary/aromatic N) is 2. The first-order valence-electron chi connectivity index (χ1n) is 11.3. The summed E-state index contributed by atoms with van der Waals surface area (Å²) in [6.07, 6.45) is 0.784. The smallest absolute Gasteiger partial charge is 0.254 e. The van der Waals surface area contributed by atoms with Crippen LogP contribution in [0, 0.1) is 13.8 Å². The first-order chi connectivity index (χ1) is 16.0. The fraction of sp³-hybridized carbons (Fsp3) is 0.385. The molecule has 1 amide bonds. The maximum atomic E-state index is 13.1. The number of ether oxygens (including phenoxy) is 3. The van der Waals surface area contributed by atoms with E-state index in [1.807, 2.05) is 62.9 Å². The highest BCUT2D eigenvalue weighted by Crippen LogP contribution is 2.34. The average molecular weight is 451 g/mol. The van der Waals surface area contributed by atoms with E-state index in [2.05, 4.69) is 11.2 Å². The highest BCUT2D eigenvalue weighted by atomic mass is 16.5. The number of hydrogen-bond donors (Lipinski definition) is 0. The van der Waals surface area contributed by atoms with E-state index >= 15 is 0 Å². The van der Waals surface area contributed by atoms with Crippen LogP contribution in [-0.2, 0) is 19.6 Å². The molecule has 2 aromatic carbocycles. The third-order valence-corrected chi connectivity index (χ3v) is 5.83. The summed E-state index contributed by atoms with van der Waals surface area (Å²) in [5.74, 6) is 2.95. The molecule has 7 nitrogen and oxygen atoms in total. The van der Waals surface area contributed by atoms with Gasteiger partial charge in [0.1, 0.15) is 18.1 Å². The molecule has 4 rings (SSSR count). The Morgan fingerprint density at radius 3 is 2.27 bits per heavy atom.